The summed E-state index contributed by atoms with van der Waals surface area (Å²) in [6.45, 7) is 3.30. The van der Waals surface area contributed by atoms with Crippen molar-refractivity contribution in [2.75, 3.05) is 55.1 Å². The van der Waals surface area contributed by atoms with Crippen LogP contribution in [0, 0.1) is 0 Å². The fraction of sp³-hybridized carbons (Fsp3) is 0.381. The molecule has 0 bridgehead atoms. The van der Waals surface area contributed by atoms with Crippen LogP contribution in [0.1, 0.15) is 0 Å². The lowest BCUT2D eigenvalue weighted by atomic mass is 10.1. The van der Waals surface area contributed by atoms with Crippen LogP contribution in [-0.2, 0) is 21.6 Å². The van der Waals surface area contributed by atoms with Crippen molar-refractivity contribution >= 4 is 32.2 Å². The van der Waals surface area contributed by atoms with E-state index in [0.29, 0.717) is 22.4 Å². The van der Waals surface area contributed by atoms with Crippen molar-refractivity contribution < 1.29 is 13.2 Å². The van der Waals surface area contributed by atoms with Gasteiger partial charge in [0.15, 0.2) is 0 Å². The molecule has 2 aromatic heterocycles. The fourth-order valence-electron chi connectivity index (χ4n) is 3.52. The molecule has 0 atom stereocenters. The molecule has 0 saturated carbocycles. The molecule has 1 aliphatic rings. The number of morpholine rings is 1. The molecule has 1 aromatic carbocycles. The summed E-state index contributed by atoms with van der Waals surface area (Å²) in [6, 6.07) is 9.84. The van der Waals surface area contributed by atoms with Gasteiger partial charge in [0.1, 0.15) is 21.0 Å². The Bertz CT molecular complexity index is 1250. The zero-order chi connectivity index (χ0) is 22.0. The van der Waals surface area contributed by atoms with Gasteiger partial charge >= 0.3 is 0 Å². The molecule has 3 heterocycles. The smallest absolute Gasteiger partial charge is 0.264 e. The molecule has 1 aliphatic heterocycles. The molecule has 0 aliphatic carbocycles. The number of aryl methyl sites for hydroxylation is 1. The van der Waals surface area contributed by atoms with Crippen LogP contribution in [0.25, 0.3) is 22.2 Å². The number of benzene rings is 1. The zero-order valence-corrected chi connectivity index (χ0v) is 18.4. The lowest BCUT2D eigenvalue weighted by molar-refractivity contribution is 0.122. The number of sulfone groups is 1. The van der Waals surface area contributed by atoms with Crippen molar-refractivity contribution in [1.29, 1.82) is 0 Å². The van der Waals surface area contributed by atoms with Gasteiger partial charge < -0.3 is 19.5 Å². The molecule has 9 nitrogen and oxygen atoms in total. The Morgan fingerprint density at radius 1 is 1.16 bits per heavy atom. The topological polar surface area (TPSA) is 106 Å². The molecule has 0 unspecified atom stereocenters. The highest BCUT2D eigenvalue weighted by atomic mass is 32.2. The van der Waals surface area contributed by atoms with Gasteiger partial charge in [-0.05, 0) is 18.2 Å². The Hall–Kier alpha value is -2.98. The first-order valence-corrected chi connectivity index (χ1v) is 12.1. The second kappa shape index (κ2) is 8.64. The maximum atomic E-state index is 12.7. The van der Waals surface area contributed by atoms with Gasteiger partial charge in [-0.1, -0.05) is 12.1 Å². The minimum absolute atomic E-state index is 0.0603. The second-order valence-electron chi connectivity index (χ2n) is 7.61. The molecule has 0 amide bonds. The van der Waals surface area contributed by atoms with Crippen LogP contribution >= 0.6 is 0 Å². The Labute approximate surface area is 180 Å². The summed E-state index contributed by atoms with van der Waals surface area (Å²) >= 11 is 0. The van der Waals surface area contributed by atoms with Crippen molar-refractivity contribution in [3.05, 3.63) is 47.0 Å². The highest BCUT2D eigenvalue weighted by Gasteiger charge is 2.15. The van der Waals surface area contributed by atoms with E-state index in [1.807, 2.05) is 24.3 Å². The van der Waals surface area contributed by atoms with Crippen molar-refractivity contribution in [1.82, 2.24) is 14.5 Å². The number of nitrogens with zero attached hydrogens (tertiary/aromatic N) is 4. The molecule has 3 aromatic rings. The van der Waals surface area contributed by atoms with Crippen LogP contribution < -0.4 is 15.8 Å². The van der Waals surface area contributed by atoms with E-state index < -0.39 is 9.84 Å². The SMILES string of the molecule is Cn1cnc2cc(-c3ccc(N4CCOCC4)cc3)nc(NCCS(C)(=O)=O)c2c1=O. The van der Waals surface area contributed by atoms with Gasteiger partial charge in [-0.3, -0.25) is 4.79 Å². The molecule has 1 saturated heterocycles. The first-order chi connectivity index (χ1) is 14.8. The van der Waals surface area contributed by atoms with Crippen molar-refractivity contribution in [2.24, 2.45) is 7.05 Å². The predicted octanol–water partition coefficient (Wildman–Crippen LogP) is 1.29. The van der Waals surface area contributed by atoms with Crippen LogP contribution in [0.2, 0.25) is 0 Å². The van der Waals surface area contributed by atoms with Crippen LogP contribution in [0.4, 0.5) is 11.5 Å². The normalized spacial score (nSPS) is 14.7. The number of rotatable bonds is 6. The van der Waals surface area contributed by atoms with Gasteiger partial charge in [-0.2, -0.15) is 0 Å². The number of ether oxygens (including phenoxy) is 1. The van der Waals surface area contributed by atoms with Crippen molar-refractivity contribution in [2.45, 2.75) is 0 Å². The van der Waals surface area contributed by atoms with Gasteiger partial charge in [-0.25, -0.2) is 18.4 Å². The summed E-state index contributed by atoms with van der Waals surface area (Å²) in [7, 11) is -1.53. The highest BCUT2D eigenvalue weighted by Crippen LogP contribution is 2.27. The minimum Gasteiger partial charge on any atom is -0.378 e. The molecule has 0 radical (unpaired) electrons. The van der Waals surface area contributed by atoms with Gasteiger partial charge in [0.25, 0.3) is 5.56 Å². The number of nitrogens with one attached hydrogen (secondary N) is 1. The summed E-state index contributed by atoms with van der Waals surface area (Å²) in [5.74, 6) is 0.275. The van der Waals surface area contributed by atoms with Gasteiger partial charge in [0.2, 0.25) is 0 Å². The first-order valence-electron chi connectivity index (χ1n) is 10.0. The standard InChI is InChI=1S/C21H25N5O4S/c1-25-14-23-18-13-17(15-3-5-16(6-4-15)26-8-10-30-11-9-26)24-20(19(18)21(25)27)22-7-12-31(2,28)29/h3-6,13-14H,7-12H2,1-2H3,(H,22,24). The van der Waals surface area contributed by atoms with Crippen LogP contribution in [0.3, 0.4) is 0 Å². The minimum atomic E-state index is -3.15. The quantitative estimate of drug-likeness (QED) is 0.607. The number of anilines is 2. The monoisotopic (exact) mass is 443 g/mol. The third-order valence-electron chi connectivity index (χ3n) is 5.21. The van der Waals surface area contributed by atoms with E-state index in [0.717, 1.165) is 37.6 Å². The largest absolute Gasteiger partial charge is 0.378 e. The van der Waals surface area contributed by atoms with E-state index in [4.69, 9.17) is 4.74 Å². The number of pyridine rings is 1. The number of hydrogen-bond donors (Lipinski definition) is 1. The maximum Gasteiger partial charge on any atom is 0.264 e. The van der Waals surface area contributed by atoms with Crippen LogP contribution in [0.15, 0.2) is 41.5 Å². The molecule has 1 fully saturated rings. The number of aromatic nitrogens is 3. The number of fused-ring (bicyclic) bond motifs is 1. The van der Waals surface area contributed by atoms with Crippen molar-refractivity contribution in [3.8, 4) is 11.3 Å². The molecule has 0 spiro atoms. The third-order valence-corrected chi connectivity index (χ3v) is 6.15. The zero-order valence-electron chi connectivity index (χ0n) is 17.5. The Balaban J connectivity index is 1.70. The van der Waals surface area contributed by atoms with Gasteiger partial charge in [-0.15, -0.1) is 0 Å². The average molecular weight is 444 g/mol. The van der Waals surface area contributed by atoms with Gasteiger partial charge in [0, 0.05) is 44.2 Å². The summed E-state index contributed by atoms with van der Waals surface area (Å²) in [4.78, 5) is 24.0. The Kier molecular flexibility index (Phi) is 5.92. The van der Waals surface area contributed by atoms with Crippen LogP contribution in [-0.4, -0.2) is 67.8 Å². The van der Waals surface area contributed by atoms with Crippen molar-refractivity contribution in [3.63, 3.8) is 0 Å². The molecular formula is C21H25N5O4S. The predicted molar refractivity (Wildman–Crippen MR) is 121 cm³/mol. The van der Waals surface area contributed by atoms with E-state index in [-0.39, 0.29) is 17.9 Å². The maximum absolute atomic E-state index is 12.7. The highest BCUT2D eigenvalue weighted by molar-refractivity contribution is 7.90. The van der Waals surface area contributed by atoms with E-state index in [1.54, 1.807) is 13.1 Å². The molecule has 4 rings (SSSR count). The first kappa shape index (κ1) is 21.3. The lowest BCUT2D eigenvalue weighted by Gasteiger charge is -2.28. The lowest BCUT2D eigenvalue weighted by Crippen LogP contribution is -2.36. The average Bonchev–Trinajstić information content (AvgIpc) is 2.76. The summed E-state index contributed by atoms with van der Waals surface area (Å²) in [5.41, 5.74) is 2.92. The molecule has 10 heteroatoms. The molecular weight excluding hydrogens is 418 g/mol. The van der Waals surface area contributed by atoms with Gasteiger partial charge in [0.05, 0.1) is 36.5 Å². The Morgan fingerprint density at radius 2 is 1.87 bits per heavy atom. The Morgan fingerprint density at radius 3 is 2.55 bits per heavy atom. The summed E-state index contributed by atoms with van der Waals surface area (Å²) in [5, 5.41) is 3.36. The molecule has 164 valence electrons. The number of hydrogen-bond acceptors (Lipinski definition) is 8. The fourth-order valence-corrected chi connectivity index (χ4v) is 3.99. The molecule has 31 heavy (non-hydrogen) atoms. The van der Waals surface area contributed by atoms with E-state index in [2.05, 4.69) is 20.2 Å². The van der Waals surface area contributed by atoms with E-state index in [9.17, 15) is 13.2 Å². The van der Waals surface area contributed by atoms with Crippen LogP contribution in [0.5, 0.6) is 0 Å². The summed E-state index contributed by atoms with van der Waals surface area (Å²) in [6.07, 6.45) is 2.64. The molecule has 1 N–H and O–H groups in total. The van der Waals surface area contributed by atoms with E-state index >= 15 is 0 Å². The third kappa shape index (κ3) is 4.86. The van der Waals surface area contributed by atoms with E-state index in [1.165, 1.54) is 17.2 Å². The summed E-state index contributed by atoms with van der Waals surface area (Å²) < 4.78 is 29.8. The second-order valence-corrected chi connectivity index (χ2v) is 9.87.